The molecule has 0 aliphatic rings. The lowest BCUT2D eigenvalue weighted by molar-refractivity contribution is -0.111. The standard InChI is InChI=1S/C17H16N2O3S/c1-19(2)23(21,22)16-11-9-15(10-12-16)18-17(20)13-8-14-6-4-3-5-7-14/h3-7,9-12H,1-2H3,(H,18,20). The van der Waals surface area contributed by atoms with Crippen LogP contribution < -0.4 is 5.32 Å². The van der Waals surface area contributed by atoms with Crippen LogP contribution in [0, 0.1) is 11.8 Å². The van der Waals surface area contributed by atoms with Gasteiger partial charge in [-0.2, -0.15) is 0 Å². The molecule has 2 rings (SSSR count). The highest BCUT2D eigenvalue weighted by Gasteiger charge is 2.16. The maximum Gasteiger partial charge on any atom is 0.300 e. The lowest BCUT2D eigenvalue weighted by Crippen LogP contribution is -2.22. The van der Waals surface area contributed by atoms with Gasteiger partial charge >= 0.3 is 5.91 Å². The van der Waals surface area contributed by atoms with Crippen molar-refractivity contribution in [3.63, 3.8) is 0 Å². The Bertz CT molecular complexity index is 846. The minimum Gasteiger partial charge on any atom is -0.315 e. The summed E-state index contributed by atoms with van der Waals surface area (Å²) >= 11 is 0. The van der Waals surface area contributed by atoms with Gasteiger partial charge in [0.2, 0.25) is 10.0 Å². The molecule has 0 unspecified atom stereocenters. The monoisotopic (exact) mass is 328 g/mol. The fourth-order valence-corrected chi connectivity index (χ4v) is 2.64. The highest BCUT2D eigenvalue weighted by Crippen LogP contribution is 2.16. The number of anilines is 1. The number of nitrogens with one attached hydrogen (secondary N) is 1. The SMILES string of the molecule is CN(C)S(=O)(=O)c1ccc(NC(=O)C#Cc2ccccc2)cc1. The first kappa shape index (κ1) is 16.7. The van der Waals surface area contributed by atoms with Gasteiger partial charge in [-0.05, 0) is 36.4 Å². The molecule has 0 heterocycles. The van der Waals surface area contributed by atoms with E-state index in [0.29, 0.717) is 5.69 Å². The minimum absolute atomic E-state index is 0.163. The van der Waals surface area contributed by atoms with Gasteiger partial charge in [0.15, 0.2) is 0 Å². The summed E-state index contributed by atoms with van der Waals surface area (Å²) in [5, 5.41) is 2.60. The molecule has 118 valence electrons. The topological polar surface area (TPSA) is 66.5 Å². The van der Waals surface area contributed by atoms with Crippen LogP contribution in [0.5, 0.6) is 0 Å². The van der Waals surface area contributed by atoms with Crippen molar-refractivity contribution in [1.29, 1.82) is 0 Å². The second-order valence-electron chi connectivity index (χ2n) is 4.88. The number of nitrogens with zero attached hydrogens (tertiary/aromatic N) is 1. The molecule has 0 saturated carbocycles. The van der Waals surface area contributed by atoms with Gasteiger partial charge in [-0.15, -0.1) is 0 Å². The Morgan fingerprint density at radius 2 is 1.61 bits per heavy atom. The number of benzene rings is 2. The molecule has 0 spiro atoms. The van der Waals surface area contributed by atoms with Gasteiger partial charge < -0.3 is 5.32 Å². The van der Waals surface area contributed by atoms with E-state index in [4.69, 9.17) is 0 Å². The van der Waals surface area contributed by atoms with Crippen LogP contribution in [0.4, 0.5) is 5.69 Å². The Kier molecular flexibility index (Phi) is 5.16. The first-order valence-electron chi connectivity index (χ1n) is 6.80. The van der Waals surface area contributed by atoms with Gasteiger partial charge in [-0.3, -0.25) is 4.79 Å². The number of carbonyl (C=O) groups is 1. The number of sulfonamides is 1. The third-order valence-corrected chi connectivity index (χ3v) is 4.81. The molecule has 0 fully saturated rings. The van der Waals surface area contributed by atoms with Crippen molar-refractivity contribution in [1.82, 2.24) is 4.31 Å². The molecule has 0 saturated heterocycles. The van der Waals surface area contributed by atoms with E-state index in [2.05, 4.69) is 17.2 Å². The maximum absolute atomic E-state index is 11.9. The Hall–Kier alpha value is -2.62. The molecule has 23 heavy (non-hydrogen) atoms. The van der Waals surface area contributed by atoms with Crippen molar-refractivity contribution < 1.29 is 13.2 Å². The van der Waals surface area contributed by atoms with Gasteiger partial charge in [0.25, 0.3) is 0 Å². The van der Waals surface area contributed by atoms with Gasteiger partial charge in [0.1, 0.15) is 0 Å². The summed E-state index contributed by atoms with van der Waals surface area (Å²) in [6, 6.07) is 15.1. The fourth-order valence-electron chi connectivity index (χ4n) is 1.73. The molecule has 0 aliphatic carbocycles. The third-order valence-electron chi connectivity index (χ3n) is 2.98. The second kappa shape index (κ2) is 7.09. The van der Waals surface area contributed by atoms with Crippen molar-refractivity contribution in [2.45, 2.75) is 4.90 Å². The highest BCUT2D eigenvalue weighted by atomic mass is 32.2. The number of hydrogen-bond donors (Lipinski definition) is 1. The Labute approximate surface area is 136 Å². The van der Waals surface area contributed by atoms with E-state index in [1.54, 1.807) is 12.1 Å². The summed E-state index contributed by atoms with van der Waals surface area (Å²) < 4.78 is 25.0. The second-order valence-corrected chi connectivity index (χ2v) is 7.03. The number of amides is 1. The smallest absolute Gasteiger partial charge is 0.300 e. The van der Waals surface area contributed by atoms with Crippen LogP contribution >= 0.6 is 0 Å². The normalized spacial score (nSPS) is 10.7. The van der Waals surface area contributed by atoms with Crippen molar-refractivity contribution >= 4 is 21.6 Å². The highest BCUT2D eigenvalue weighted by molar-refractivity contribution is 7.89. The summed E-state index contributed by atoms with van der Waals surface area (Å²) in [6.07, 6.45) is 0. The molecule has 0 bridgehead atoms. The van der Waals surface area contributed by atoms with E-state index >= 15 is 0 Å². The van der Waals surface area contributed by atoms with E-state index in [0.717, 1.165) is 9.87 Å². The lowest BCUT2D eigenvalue weighted by Gasteiger charge is -2.11. The first-order valence-corrected chi connectivity index (χ1v) is 8.24. The average Bonchev–Trinajstić information content (AvgIpc) is 2.54. The molecule has 1 amide bonds. The summed E-state index contributed by atoms with van der Waals surface area (Å²) in [5.41, 5.74) is 1.23. The molecular weight excluding hydrogens is 312 g/mol. The zero-order valence-corrected chi connectivity index (χ0v) is 13.6. The van der Waals surface area contributed by atoms with E-state index in [-0.39, 0.29) is 4.90 Å². The molecular formula is C17H16N2O3S. The molecule has 2 aromatic rings. The zero-order valence-electron chi connectivity index (χ0n) is 12.8. The zero-order chi connectivity index (χ0) is 16.9. The Morgan fingerprint density at radius 3 is 2.17 bits per heavy atom. The Balaban J connectivity index is 2.07. The van der Waals surface area contributed by atoms with Crippen molar-refractivity contribution in [3.8, 4) is 11.8 Å². The molecule has 2 aromatic carbocycles. The lowest BCUT2D eigenvalue weighted by atomic mass is 10.2. The Morgan fingerprint density at radius 1 is 1.00 bits per heavy atom. The molecule has 1 N–H and O–H groups in total. The van der Waals surface area contributed by atoms with Crippen molar-refractivity contribution in [3.05, 3.63) is 60.2 Å². The van der Waals surface area contributed by atoms with Gasteiger partial charge in [-0.1, -0.05) is 24.1 Å². The van der Waals surface area contributed by atoms with Crippen molar-refractivity contribution in [2.75, 3.05) is 19.4 Å². The van der Waals surface area contributed by atoms with Crippen LogP contribution in [0.1, 0.15) is 5.56 Å². The van der Waals surface area contributed by atoms with Crippen molar-refractivity contribution in [2.24, 2.45) is 0 Å². The number of rotatable bonds is 3. The molecule has 5 nitrogen and oxygen atoms in total. The van der Waals surface area contributed by atoms with Crippen LogP contribution in [0.3, 0.4) is 0 Å². The van der Waals surface area contributed by atoms with Gasteiger partial charge in [-0.25, -0.2) is 12.7 Å². The largest absolute Gasteiger partial charge is 0.315 e. The van der Waals surface area contributed by atoms with Crippen LogP contribution in [0.15, 0.2) is 59.5 Å². The van der Waals surface area contributed by atoms with Crippen LogP contribution in [-0.2, 0) is 14.8 Å². The van der Waals surface area contributed by atoms with Gasteiger partial charge in [0.05, 0.1) is 4.90 Å². The quantitative estimate of drug-likeness (QED) is 0.876. The van der Waals surface area contributed by atoms with Crippen LogP contribution in [0.25, 0.3) is 0 Å². The number of hydrogen-bond acceptors (Lipinski definition) is 3. The third kappa shape index (κ3) is 4.42. The molecule has 0 aromatic heterocycles. The fraction of sp³-hybridized carbons (Fsp3) is 0.118. The van der Waals surface area contributed by atoms with Crippen LogP contribution in [-0.4, -0.2) is 32.7 Å². The maximum atomic E-state index is 11.9. The summed E-state index contributed by atoms with van der Waals surface area (Å²) in [6.45, 7) is 0. The van der Waals surface area contributed by atoms with Crippen LogP contribution in [0.2, 0.25) is 0 Å². The average molecular weight is 328 g/mol. The molecule has 6 heteroatoms. The van der Waals surface area contributed by atoms with Gasteiger partial charge in [0, 0.05) is 31.3 Å². The number of carbonyl (C=O) groups excluding carboxylic acids is 1. The van der Waals surface area contributed by atoms with E-state index in [1.165, 1.54) is 38.4 Å². The van der Waals surface area contributed by atoms with E-state index in [9.17, 15) is 13.2 Å². The minimum atomic E-state index is -3.48. The predicted octanol–water partition coefficient (Wildman–Crippen LogP) is 1.93. The van der Waals surface area contributed by atoms with E-state index in [1.807, 2.05) is 18.2 Å². The summed E-state index contributed by atoms with van der Waals surface area (Å²) in [4.78, 5) is 11.9. The molecule has 0 radical (unpaired) electrons. The predicted molar refractivity (Wildman–Crippen MR) is 89.3 cm³/mol. The van der Waals surface area contributed by atoms with E-state index < -0.39 is 15.9 Å². The molecule has 0 aliphatic heterocycles. The summed E-state index contributed by atoms with van der Waals surface area (Å²) in [7, 11) is -0.551. The molecule has 0 atom stereocenters. The summed E-state index contributed by atoms with van der Waals surface area (Å²) in [5.74, 6) is 4.77. The first-order chi connectivity index (χ1) is 10.9.